The predicted molar refractivity (Wildman–Crippen MR) is 46.9 cm³/mol. The van der Waals surface area contributed by atoms with Crippen molar-refractivity contribution in [2.75, 3.05) is 6.61 Å². The average Bonchev–Trinajstić information content (AvgIpc) is 1.67. The standard InChI is InChI=1S/C6H10O2.HI/c1-4-8-6(7)5(2)3;/h2,4H2,1,3H3;1H. The molecule has 0 radical (unpaired) electrons. The Morgan fingerprint density at radius 3 is 2.22 bits per heavy atom. The largest absolute Gasteiger partial charge is 0.463 e. The van der Waals surface area contributed by atoms with Crippen LogP contribution in [0.5, 0.6) is 0 Å². The maximum Gasteiger partial charge on any atom is 0.333 e. The molecule has 0 aliphatic carbocycles. The second kappa shape index (κ2) is 6.07. The highest BCUT2D eigenvalue weighted by Crippen LogP contribution is 1.89. The van der Waals surface area contributed by atoms with E-state index in [1.165, 1.54) is 0 Å². The normalized spacial score (nSPS) is 7.33. The SMILES string of the molecule is C=C(C)C(=O)OCC.I. The zero-order valence-corrected chi connectivity index (χ0v) is 7.97. The van der Waals surface area contributed by atoms with Crippen LogP contribution in [0, 0.1) is 0 Å². The Labute approximate surface area is 72.3 Å². The predicted octanol–water partition coefficient (Wildman–Crippen LogP) is 1.74. The highest BCUT2D eigenvalue weighted by atomic mass is 127. The summed E-state index contributed by atoms with van der Waals surface area (Å²) in [7, 11) is 0. The zero-order chi connectivity index (χ0) is 6.57. The van der Waals surface area contributed by atoms with Crippen LogP contribution >= 0.6 is 24.0 Å². The van der Waals surface area contributed by atoms with Gasteiger partial charge in [0.1, 0.15) is 0 Å². The van der Waals surface area contributed by atoms with Gasteiger partial charge in [-0.25, -0.2) is 4.79 Å². The first-order chi connectivity index (χ1) is 3.68. The first-order valence-corrected chi connectivity index (χ1v) is 2.51. The fraction of sp³-hybridized carbons (Fsp3) is 0.500. The van der Waals surface area contributed by atoms with Gasteiger partial charge in [-0.05, 0) is 13.8 Å². The Kier molecular flexibility index (Phi) is 7.89. The molecular formula is C6H11IO2. The Bertz CT molecular complexity index is 110. The Morgan fingerprint density at radius 1 is 1.67 bits per heavy atom. The molecule has 0 saturated heterocycles. The third kappa shape index (κ3) is 5.82. The fourth-order valence-electron chi connectivity index (χ4n) is 0.254. The number of ether oxygens (including phenoxy) is 1. The van der Waals surface area contributed by atoms with Crippen molar-refractivity contribution in [3.8, 4) is 0 Å². The fourth-order valence-corrected chi connectivity index (χ4v) is 0.254. The number of halogens is 1. The van der Waals surface area contributed by atoms with Crippen molar-refractivity contribution in [3.05, 3.63) is 12.2 Å². The van der Waals surface area contributed by atoms with Gasteiger partial charge in [0, 0.05) is 5.57 Å². The van der Waals surface area contributed by atoms with Crippen LogP contribution in [0.3, 0.4) is 0 Å². The topological polar surface area (TPSA) is 26.3 Å². The Morgan fingerprint density at radius 2 is 2.11 bits per heavy atom. The second-order valence-corrected chi connectivity index (χ2v) is 1.50. The molecule has 3 heteroatoms. The number of carbonyl (C=O) groups is 1. The molecule has 2 nitrogen and oxygen atoms in total. The van der Waals surface area contributed by atoms with Gasteiger partial charge < -0.3 is 4.74 Å². The van der Waals surface area contributed by atoms with Crippen LogP contribution in [0.2, 0.25) is 0 Å². The van der Waals surface area contributed by atoms with Crippen molar-refractivity contribution in [2.45, 2.75) is 13.8 Å². The second-order valence-electron chi connectivity index (χ2n) is 1.50. The van der Waals surface area contributed by atoms with Gasteiger partial charge in [0.05, 0.1) is 6.61 Å². The smallest absolute Gasteiger partial charge is 0.333 e. The summed E-state index contributed by atoms with van der Waals surface area (Å²) >= 11 is 0. The quantitative estimate of drug-likeness (QED) is 0.419. The van der Waals surface area contributed by atoms with E-state index in [-0.39, 0.29) is 29.9 Å². The highest BCUT2D eigenvalue weighted by molar-refractivity contribution is 14.0. The summed E-state index contributed by atoms with van der Waals surface area (Å²) in [6.07, 6.45) is 0. The van der Waals surface area contributed by atoms with Gasteiger partial charge in [0.2, 0.25) is 0 Å². The van der Waals surface area contributed by atoms with E-state index >= 15 is 0 Å². The summed E-state index contributed by atoms with van der Waals surface area (Å²) in [4.78, 5) is 10.4. The summed E-state index contributed by atoms with van der Waals surface area (Å²) in [5.41, 5.74) is 0.451. The lowest BCUT2D eigenvalue weighted by molar-refractivity contribution is -0.138. The molecule has 0 aliphatic rings. The molecule has 0 aromatic heterocycles. The molecule has 0 bridgehead atoms. The van der Waals surface area contributed by atoms with Gasteiger partial charge >= 0.3 is 5.97 Å². The molecule has 0 heterocycles. The molecule has 54 valence electrons. The van der Waals surface area contributed by atoms with E-state index in [0.29, 0.717) is 12.2 Å². The molecule has 0 unspecified atom stereocenters. The summed E-state index contributed by atoms with van der Waals surface area (Å²) < 4.78 is 4.56. The molecule has 0 aromatic rings. The van der Waals surface area contributed by atoms with E-state index in [1.807, 2.05) is 0 Å². The number of carbonyl (C=O) groups excluding carboxylic acids is 1. The first-order valence-electron chi connectivity index (χ1n) is 2.51. The first kappa shape index (κ1) is 11.7. The molecule has 0 saturated carbocycles. The van der Waals surface area contributed by atoms with Gasteiger partial charge in [0.15, 0.2) is 0 Å². The molecule has 0 fully saturated rings. The Balaban J connectivity index is 0. The van der Waals surface area contributed by atoms with Gasteiger partial charge in [-0.2, -0.15) is 0 Å². The zero-order valence-electron chi connectivity index (χ0n) is 5.64. The van der Waals surface area contributed by atoms with Crippen LogP contribution in [0.15, 0.2) is 12.2 Å². The minimum atomic E-state index is -0.312. The number of esters is 1. The maximum atomic E-state index is 10.4. The molecule has 9 heavy (non-hydrogen) atoms. The minimum Gasteiger partial charge on any atom is -0.463 e. The average molecular weight is 242 g/mol. The van der Waals surface area contributed by atoms with E-state index in [0.717, 1.165) is 0 Å². The lowest BCUT2D eigenvalue weighted by Gasteiger charge is -1.96. The number of rotatable bonds is 2. The highest BCUT2D eigenvalue weighted by Gasteiger charge is 1.98. The Hall–Kier alpha value is -0.0600. The van der Waals surface area contributed by atoms with Gasteiger partial charge in [0.25, 0.3) is 0 Å². The molecule has 0 rings (SSSR count). The van der Waals surface area contributed by atoms with Gasteiger partial charge in [-0.1, -0.05) is 6.58 Å². The monoisotopic (exact) mass is 242 g/mol. The minimum absolute atomic E-state index is 0. The van der Waals surface area contributed by atoms with Crippen LogP contribution in [-0.4, -0.2) is 12.6 Å². The summed E-state index contributed by atoms with van der Waals surface area (Å²) in [5, 5.41) is 0. The lowest BCUT2D eigenvalue weighted by Crippen LogP contribution is -2.03. The molecule has 0 amide bonds. The van der Waals surface area contributed by atoms with Crippen molar-refractivity contribution in [1.82, 2.24) is 0 Å². The van der Waals surface area contributed by atoms with Crippen LogP contribution in [0.4, 0.5) is 0 Å². The maximum absolute atomic E-state index is 10.4. The van der Waals surface area contributed by atoms with Crippen molar-refractivity contribution >= 4 is 29.9 Å². The van der Waals surface area contributed by atoms with Crippen molar-refractivity contribution < 1.29 is 9.53 Å². The number of hydrogen-bond donors (Lipinski definition) is 0. The van der Waals surface area contributed by atoms with E-state index < -0.39 is 0 Å². The van der Waals surface area contributed by atoms with E-state index in [1.54, 1.807) is 13.8 Å². The molecular weight excluding hydrogens is 231 g/mol. The lowest BCUT2D eigenvalue weighted by atomic mass is 10.4. The molecule has 0 atom stereocenters. The van der Waals surface area contributed by atoms with Crippen LogP contribution < -0.4 is 0 Å². The summed E-state index contributed by atoms with van der Waals surface area (Å²) in [6, 6.07) is 0. The molecule has 0 spiro atoms. The van der Waals surface area contributed by atoms with Crippen molar-refractivity contribution in [3.63, 3.8) is 0 Å². The third-order valence-electron chi connectivity index (χ3n) is 0.624. The van der Waals surface area contributed by atoms with Crippen LogP contribution in [0.25, 0.3) is 0 Å². The number of hydrogen-bond acceptors (Lipinski definition) is 2. The van der Waals surface area contributed by atoms with Crippen LogP contribution in [-0.2, 0) is 9.53 Å². The van der Waals surface area contributed by atoms with E-state index in [9.17, 15) is 4.79 Å². The van der Waals surface area contributed by atoms with Crippen molar-refractivity contribution in [2.24, 2.45) is 0 Å². The van der Waals surface area contributed by atoms with Crippen molar-refractivity contribution in [1.29, 1.82) is 0 Å². The van der Waals surface area contributed by atoms with Gasteiger partial charge in [-0.3, -0.25) is 0 Å². The van der Waals surface area contributed by atoms with E-state index in [4.69, 9.17) is 0 Å². The molecule has 0 aliphatic heterocycles. The van der Waals surface area contributed by atoms with Crippen LogP contribution in [0.1, 0.15) is 13.8 Å². The summed E-state index contributed by atoms with van der Waals surface area (Å²) in [5.74, 6) is -0.312. The molecule has 0 N–H and O–H groups in total. The van der Waals surface area contributed by atoms with Gasteiger partial charge in [-0.15, -0.1) is 24.0 Å². The molecule has 0 aromatic carbocycles. The summed E-state index contributed by atoms with van der Waals surface area (Å²) in [6.45, 7) is 7.21. The third-order valence-corrected chi connectivity index (χ3v) is 0.624. The van der Waals surface area contributed by atoms with E-state index in [2.05, 4.69) is 11.3 Å².